The molecule has 47 heavy (non-hydrogen) atoms. The van der Waals surface area contributed by atoms with E-state index in [1.165, 1.54) is 100 Å². The standard InChI is InChI=1S/C43H66N2O2/c1-5-44(6-2)25-13-9-11-15-27-46-40-21-17-36(18-22-40)42(43-38-30-34-29-35(32-38)33-39(43)31-34)37-19-23-41(24-20-37)47-28-16-12-10-14-26-45(7-3)8-4/h17-24,34-35,38-39H,5-16,25-33H2,1-4H3/t34-,35+,38+,39?. The zero-order valence-corrected chi connectivity index (χ0v) is 30.5. The third-order valence-electron chi connectivity index (χ3n) is 11.7. The smallest absolute Gasteiger partial charge is 0.119 e. The predicted octanol–water partition coefficient (Wildman–Crippen LogP) is 10.5. The number of ether oxygens (including phenoxy) is 2. The summed E-state index contributed by atoms with van der Waals surface area (Å²) in [4.78, 5) is 5.04. The lowest BCUT2D eigenvalue weighted by Gasteiger charge is -2.52. The lowest BCUT2D eigenvalue weighted by molar-refractivity contribution is 0.0705. The second-order valence-corrected chi connectivity index (χ2v) is 14.8. The maximum Gasteiger partial charge on any atom is 0.119 e. The van der Waals surface area contributed by atoms with Crippen LogP contribution in [0.5, 0.6) is 11.5 Å². The molecule has 4 bridgehead atoms. The van der Waals surface area contributed by atoms with Crippen LogP contribution in [0.1, 0.15) is 122 Å². The molecular formula is C43H66N2O2. The Bertz CT molecular complexity index is 1090. The van der Waals surface area contributed by atoms with E-state index in [0.717, 1.165) is 87.4 Å². The van der Waals surface area contributed by atoms with E-state index in [9.17, 15) is 0 Å². The molecule has 0 aliphatic heterocycles. The van der Waals surface area contributed by atoms with Gasteiger partial charge in [-0.15, -0.1) is 0 Å². The van der Waals surface area contributed by atoms with Crippen molar-refractivity contribution in [1.29, 1.82) is 0 Å². The topological polar surface area (TPSA) is 24.9 Å². The Morgan fingerprint density at radius 2 is 0.894 bits per heavy atom. The van der Waals surface area contributed by atoms with Crippen LogP contribution in [0, 0.1) is 23.7 Å². The number of hydrogen-bond acceptors (Lipinski definition) is 4. The highest BCUT2D eigenvalue weighted by Gasteiger charge is 2.46. The summed E-state index contributed by atoms with van der Waals surface area (Å²) in [7, 11) is 0. The quantitative estimate of drug-likeness (QED) is 0.119. The van der Waals surface area contributed by atoms with Gasteiger partial charge in [-0.3, -0.25) is 0 Å². The Labute approximate surface area is 288 Å². The van der Waals surface area contributed by atoms with Gasteiger partial charge in [-0.2, -0.15) is 0 Å². The fraction of sp³-hybridized carbons (Fsp3) is 0.674. The Hall–Kier alpha value is -2.30. The maximum absolute atomic E-state index is 6.22. The first-order chi connectivity index (χ1) is 23.1. The second-order valence-electron chi connectivity index (χ2n) is 14.8. The third-order valence-corrected chi connectivity index (χ3v) is 11.7. The lowest BCUT2D eigenvalue weighted by Crippen LogP contribution is -2.40. The number of unbranched alkanes of at least 4 members (excludes halogenated alkanes) is 6. The van der Waals surface area contributed by atoms with E-state index in [-0.39, 0.29) is 0 Å². The summed E-state index contributed by atoms with van der Waals surface area (Å²) in [6.07, 6.45) is 17.0. The molecule has 0 spiro atoms. The molecule has 4 aliphatic carbocycles. The van der Waals surface area contributed by atoms with E-state index in [2.05, 4.69) is 86.0 Å². The first-order valence-electron chi connectivity index (χ1n) is 19.8. The third kappa shape index (κ3) is 10.3. The molecule has 4 heteroatoms. The van der Waals surface area contributed by atoms with Crippen LogP contribution >= 0.6 is 0 Å². The predicted molar refractivity (Wildman–Crippen MR) is 199 cm³/mol. The van der Waals surface area contributed by atoms with Crippen LogP contribution in [0.3, 0.4) is 0 Å². The highest BCUT2D eigenvalue weighted by Crippen LogP contribution is 2.58. The van der Waals surface area contributed by atoms with Crippen LogP contribution < -0.4 is 9.47 Å². The molecule has 260 valence electrons. The lowest BCUT2D eigenvalue weighted by atomic mass is 9.53. The monoisotopic (exact) mass is 643 g/mol. The van der Waals surface area contributed by atoms with Crippen molar-refractivity contribution in [3.63, 3.8) is 0 Å². The van der Waals surface area contributed by atoms with Crippen molar-refractivity contribution in [2.45, 2.75) is 111 Å². The highest BCUT2D eigenvalue weighted by molar-refractivity contribution is 5.83. The maximum atomic E-state index is 6.22. The number of hydrogen-bond donors (Lipinski definition) is 0. The summed E-state index contributed by atoms with van der Waals surface area (Å²) in [6, 6.07) is 18.2. The van der Waals surface area contributed by atoms with Gasteiger partial charge in [-0.05, 0) is 162 Å². The van der Waals surface area contributed by atoms with Crippen molar-refractivity contribution in [2.75, 3.05) is 52.5 Å². The molecule has 4 nitrogen and oxygen atoms in total. The average molecular weight is 643 g/mol. The normalized spacial score (nSPS) is 21.6. The Balaban J connectivity index is 1.17. The van der Waals surface area contributed by atoms with E-state index in [1.54, 1.807) is 5.57 Å². The molecule has 2 aromatic carbocycles. The van der Waals surface area contributed by atoms with Gasteiger partial charge in [-0.1, -0.05) is 83.2 Å². The Morgan fingerprint density at radius 3 is 1.28 bits per heavy atom. The van der Waals surface area contributed by atoms with Crippen molar-refractivity contribution in [1.82, 2.24) is 9.80 Å². The number of nitrogens with zero attached hydrogens (tertiary/aromatic N) is 2. The van der Waals surface area contributed by atoms with Crippen molar-refractivity contribution < 1.29 is 9.47 Å². The van der Waals surface area contributed by atoms with E-state index >= 15 is 0 Å². The molecule has 0 heterocycles. The molecule has 0 radical (unpaired) electrons. The summed E-state index contributed by atoms with van der Waals surface area (Å²) in [5, 5.41) is 0. The molecule has 0 unspecified atom stereocenters. The molecule has 4 saturated carbocycles. The van der Waals surface area contributed by atoms with Crippen LogP contribution in [0.2, 0.25) is 0 Å². The second kappa shape index (κ2) is 19.0. The van der Waals surface area contributed by atoms with Crippen LogP contribution in [0.25, 0.3) is 5.57 Å². The summed E-state index contributed by atoms with van der Waals surface area (Å²) < 4.78 is 12.4. The molecule has 6 rings (SSSR count). The molecule has 0 atom stereocenters. The zero-order chi connectivity index (χ0) is 32.8. The fourth-order valence-electron chi connectivity index (χ4n) is 9.08. The minimum atomic E-state index is 0.761. The van der Waals surface area contributed by atoms with Crippen molar-refractivity contribution in [2.24, 2.45) is 23.7 Å². The minimum absolute atomic E-state index is 0.761. The van der Waals surface area contributed by atoms with Gasteiger partial charge in [0.2, 0.25) is 0 Å². The molecular weight excluding hydrogens is 576 g/mol. The first-order valence-corrected chi connectivity index (χ1v) is 19.8. The molecule has 0 amide bonds. The molecule has 4 fully saturated rings. The molecule has 0 aromatic heterocycles. The minimum Gasteiger partial charge on any atom is -0.494 e. The largest absolute Gasteiger partial charge is 0.494 e. The fourth-order valence-corrected chi connectivity index (χ4v) is 9.08. The summed E-state index contributed by atoms with van der Waals surface area (Å²) in [6.45, 7) is 17.7. The van der Waals surface area contributed by atoms with Gasteiger partial charge >= 0.3 is 0 Å². The van der Waals surface area contributed by atoms with Gasteiger partial charge in [0.05, 0.1) is 13.2 Å². The zero-order valence-electron chi connectivity index (χ0n) is 30.5. The van der Waals surface area contributed by atoms with Gasteiger partial charge in [0.25, 0.3) is 0 Å². The highest BCUT2D eigenvalue weighted by atomic mass is 16.5. The van der Waals surface area contributed by atoms with Gasteiger partial charge in [0.15, 0.2) is 0 Å². The van der Waals surface area contributed by atoms with Gasteiger partial charge in [0, 0.05) is 0 Å². The summed E-state index contributed by atoms with van der Waals surface area (Å²) in [5.74, 6) is 5.45. The Morgan fingerprint density at radius 1 is 0.511 bits per heavy atom. The Kier molecular flexibility index (Phi) is 14.6. The van der Waals surface area contributed by atoms with E-state index in [1.807, 2.05) is 0 Å². The van der Waals surface area contributed by atoms with E-state index < -0.39 is 0 Å². The van der Waals surface area contributed by atoms with Gasteiger partial charge in [0.1, 0.15) is 11.5 Å². The van der Waals surface area contributed by atoms with Crippen molar-refractivity contribution in [3.8, 4) is 11.5 Å². The number of allylic oxidation sites excluding steroid dienone is 1. The molecule has 0 saturated heterocycles. The van der Waals surface area contributed by atoms with Crippen molar-refractivity contribution >= 4 is 5.57 Å². The average Bonchev–Trinajstić information content (AvgIpc) is 3.09. The van der Waals surface area contributed by atoms with Crippen LogP contribution in [-0.2, 0) is 0 Å². The molecule has 0 N–H and O–H groups in total. The van der Waals surface area contributed by atoms with Gasteiger partial charge in [-0.25, -0.2) is 0 Å². The van der Waals surface area contributed by atoms with Crippen LogP contribution in [0.4, 0.5) is 0 Å². The molecule has 4 aliphatic rings. The van der Waals surface area contributed by atoms with Crippen LogP contribution in [0.15, 0.2) is 54.1 Å². The summed E-state index contributed by atoms with van der Waals surface area (Å²) in [5.41, 5.74) is 5.97. The van der Waals surface area contributed by atoms with Crippen molar-refractivity contribution in [3.05, 3.63) is 65.2 Å². The SMILES string of the molecule is CCN(CC)CCCCCCOc1ccc(C(c2ccc(OCCCCCCN(CC)CC)cc2)=C2C3C[C@H]4C[C@@H](C3)C[C@H]2C4)cc1. The van der Waals surface area contributed by atoms with Crippen LogP contribution in [-0.4, -0.2) is 62.3 Å². The van der Waals surface area contributed by atoms with E-state index in [4.69, 9.17) is 9.47 Å². The van der Waals surface area contributed by atoms with E-state index in [0.29, 0.717) is 0 Å². The first kappa shape index (κ1) is 36.0. The number of benzene rings is 2. The number of rotatable bonds is 22. The summed E-state index contributed by atoms with van der Waals surface area (Å²) >= 11 is 0. The van der Waals surface area contributed by atoms with Gasteiger partial charge < -0.3 is 19.3 Å². The molecule has 2 aromatic rings.